The molecule has 2 aliphatic rings. The molecule has 0 atom stereocenters. The highest BCUT2D eigenvalue weighted by atomic mass is 16.7. The van der Waals surface area contributed by atoms with Crippen LogP contribution in [0.3, 0.4) is 0 Å². The van der Waals surface area contributed by atoms with Gasteiger partial charge in [0.1, 0.15) is 0 Å². The van der Waals surface area contributed by atoms with E-state index in [9.17, 15) is 0 Å². The van der Waals surface area contributed by atoms with E-state index < -0.39 is 0 Å². The van der Waals surface area contributed by atoms with E-state index in [4.69, 9.17) is 9.47 Å². The predicted molar refractivity (Wildman–Crippen MR) is 105 cm³/mol. The second kappa shape index (κ2) is 7.18. The van der Waals surface area contributed by atoms with Crippen molar-refractivity contribution in [3.05, 3.63) is 65.9 Å². The topological polar surface area (TPSA) is 37.8 Å². The molecular weight excluding hydrogens is 338 g/mol. The van der Waals surface area contributed by atoms with Gasteiger partial charge in [0.05, 0.1) is 5.52 Å². The molecule has 0 radical (unpaired) electrons. The van der Waals surface area contributed by atoms with Gasteiger partial charge in [0.2, 0.25) is 6.79 Å². The van der Waals surface area contributed by atoms with E-state index in [0.717, 1.165) is 56.3 Å². The lowest BCUT2D eigenvalue weighted by atomic mass is 10.1. The monoisotopic (exact) mass is 361 g/mol. The number of hydrogen-bond acceptors (Lipinski definition) is 5. The van der Waals surface area contributed by atoms with Crippen LogP contribution in [0.15, 0.2) is 54.7 Å². The Kier molecular flexibility index (Phi) is 4.40. The zero-order valence-corrected chi connectivity index (χ0v) is 15.3. The fourth-order valence-corrected chi connectivity index (χ4v) is 3.86. The molecule has 5 nitrogen and oxygen atoms in total. The Morgan fingerprint density at radius 2 is 1.52 bits per heavy atom. The van der Waals surface area contributed by atoms with Gasteiger partial charge in [-0.2, -0.15) is 0 Å². The van der Waals surface area contributed by atoms with E-state index >= 15 is 0 Å². The van der Waals surface area contributed by atoms with Gasteiger partial charge in [-0.3, -0.25) is 14.8 Å². The van der Waals surface area contributed by atoms with E-state index in [1.807, 2.05) is 18.3 Å². The molecule has 0 aliphatic carbocycles. The molecule has 0 saturated carbocycles. The average molecular weight is 361 g/mol. The van der Waals surface area contributed by atoms with Crippen LogP contribution in [0.25, 0.3) is 10.9 Å². The largest absolute Gasteiger partial charge is 0.454 e. The smallest absolute Gasteiger partial charge is 0.231 e. The lowest BCUT2D eigenvalue weighted by molar-refractivity contribution is 0.122. The summed E-state index contributed by atoms with van der Waals surface area (Å²) in [6.45, 7) is 6.58. The molecule has 2 aromatic carbocycles. The quantitative estimate of drug-likeness (QED) is 0.713. The maximum absolute atomic E-state index is 5.49. The van der Waals surface area contributed by atoms with Crippen molar-refractivity contribution in [2.45, 2.75) is 13.1 Å². The first-order valence-electron chi connectivity index (χ1n) is 9.50. The molecule has 2 aliphatic heterocycles. The first-order chi connectivity index (χ1) is 13.3. The number of ether oxygens (including phenoxy) is 2. The number of nitrogens with zero attached hydrogens (tertiary/aromatic N) is 3. The number of aromatic nitrogens is 1. The number of rotatable bonds is 4. The molecule has 1 fully saturated rings. The Bertz CT molecular complexity index is 951. The predicted octanol–water partition coefficient (Wildman–Crippen LogP) is 3.28. The zero-order valence-electron chi connectivity index (χ0n) is 15.3. The van der Waals surface area contributed by atoms with E-state index in [2.05, 4.69) is 51.2 Å². The molecule has 5 rings (SSSR count). The third-order valence-electron chi connectivity index (χ3n) is 5.36. The Morgan fingerprint density at radius 1 is 0.778 bits per heavy atom. The summed E-state index contributed by atoms with van der Waals surface area (Å²) in [6, 6.07) is 16.8. The van der Waals surface area contributed by atoms with Crippen LogP contribution in [0.1, 0.15) is 11.1 Å². The van der Waals surface area contributed by atoms with Gasteiger partial charge in [-0.25, -0.2) is 0 Å². The number of pyridine rings is 1. The summed E-state index contributed by atoms with van der Waals surface area (Å²) in [4.78, 5) is 9.61. The molecule has 0 unspecified atom stereocenters. The third-order valence-corrected chi connectivity index (χ3v) is 5.36. The lowest BCUT2D eigenvalue weighted by Crippen LogP contribution is -2.45. The summed E-state index contributed by atoms with van der Waals surface area (Å²) < 4.78 is 10.9. The molecule has 0 amide bonds. The van der Waals surface area contributed by atoms with Gasteiger partial charge >= 0.3 is 0 Å². The third kappa shape index (κ3) is 3.61. The summed E-state index contributed by atoms with van der Waals surface area (Å²) in [5.74, 6) is 1.72. The number of piperazine rings is 1. The van der Waals surface area contributed by atoms with Crippen LogP contribution in [0.5, 0.6) is 11.5 Å². The normalized spacial score (nSPS) is 17.5. The zero-order chi connectivity index (χ0) is 18.1. The Labute approximate surface area is 159 Å². The summed E-state index contributed by atoms with van der Waals surface area (Å²) in [5, 5.41) is 1.22. The van der Waals surface area contributed by atoms with Crippen LogP contribution in [0.4, 0.5) is 0 Å². The minimum absolute atomic E-state index is 0.334. The second-order valence-electron chi connectivity index (χ2n) is 7.28. The summed E-state index contributed by atoms with van der Waals surface area (Å²) >= 11 is 0. The van der Waals surface area contributed by atoms with Crippen molar-refractivity contribution in [2.24, 2.45) is 0 Å². The fraction of sp³-hybridized carbons (Fsp3) is 0.318. The first-order valence-corrected chi connectivity index (χ1v) is 9.50. The van der Waals surface area contributed by atoms with Gasteiger partial charge < -0.3 is 9.47 Å². The van der Waals surface area contributed by atoms with Crippen molar-refractivity contribution in [1.29, 1.82) is 0 Å². The Hall–Kier alpha value is -2.63. The molecule has 0 spiro atoms. The van der Waals surface area contributed by atoms with Crippen LogP contribution in [-0.4, -0.2) is 47.8 Å². The van der Waals surface area contributed by atoms with Crippen molar-refractivity contribution >= 4 is 10.9 Å². The summed E-state index contributed by atoms with van der Waals surface area (Å²) in [6.07, 6.45) is 2.02. The van der Waals surface area contributed by atoms with Gasteiger partial charge in [-0.15, -0.1) is 0 Å². The molecule has 3 aromatic rings. The van der Waals surface area contributed by atoms with Crippen LogP contribution < -0.4 is 9.47 Å². The van der Waals surface area contributed by atoms with E-state index in [0.29, 0.717) is 6.79 Å². The fourth-order valence-electron chi connectivity index (χ4n) is 3.86. The van der Waals surface area contributed by atoms with Gasteiger partial charge in [0, 0.05) is 50.9 Å². The second-order valence-corrected chi connectivity index (χ2v) is 7.28. The number of benzene rings is 2. The van der Waals surface area contributed by atoms with Crippen molar-refractivity contribution in [3.8, 4) is 11.5 Å². The SMILES string of the molecule is c1ccc2ncc(CN3CCN(Cc4ccc5c(c4)OCO5)CC3)cc2c1. The van der Waals surface area contributed by atoms with Gasteiger partial charge in [-0.1, -0.05) is 24.3 Å². The molecule has 0 bridgehead atoms. The first kappa shape index (κ1) is 16.5. The molecule has 3 heterocycles. The molecular formula is C22H23N3O2. The molecule has 0 N–H and O–H groups in total. The van der Waals surface area contributed by atoms with Crippen LogP contribution in [0.2, 0.25) is 0 Å². The molecule has 27 heavy (non-hydrogen) atoms. The van der Waals surface area contributed by atoms with E-state index in [1.165, 1.54) is 16.5 Å². The number of fused-ring (bicyclic) bond motifs is 2. The van der Waals surface area contributed by atoms with Crippen molar-refractivity contribution in [3.63, 3.8) is 0 Å². The average Bonchev–Trinajstić information content (AvgIpc) is 3.17. The Morgan fingerprint density at radius 3 is 2.37 bits per heavy atom. The highest BCUT2D eigenvalue weighted by molar-refractivity contribution is 5.78. The highest BCUT2D eigenvalue weighted by Crippen LogP contribution is 2.32. The molecule has 138 valence electrons. The maximum Gasteiger partial charge on any atom is 0.231 e. The van der Waals surface area contributed by atoms with Crippen molar-refractivity contribution in [1.82, 2.24) is 14.8 Å². The summed E-state index contributed by atoms with van der Waals surface area (Å²) in [7, 11) is 0. The minimum Gasteiger partial charge on any atom is -0.454 e. The highest BCUT2D eigenvalue weighted by Gasteiger charge is 2.19. The van der Waals surface area contributed by atoms with Crippen LogP contribution in [-0.2, 0) is 13.1 Å². The standard InChI is InChI=1S/C22H23N3O2/c1-2-4-20-19(3-1)11-18(13-23-20)15-25-9-7-24(8-10-25)14-17-5-6-21-22(12-17)27-16-26-21/h1-6,11-13H,7-10,14-16H2. The minimum atomic E-state index is 0.334. The van der Waals surface area contributed by atoms with Crippen molar-refractivity contribution in [2.75, 3.05) is 33.0 Å². The van der Waals surface area contributed by atoms with Crippen molar-refractivity contribution < 1.29 is 9.47 Å². The number of para-hydroxylation sites is 1. The van der Waals surface area contributed by atoms with Crippen LogP contribution >= 0.6 is 0 Å². The number of hydrogen-bond donors (Lipinski definition) is 0. The van der Waals surface area contributed by atoms with Crippen LogP contribution in [0, 0.1) is 0 Å². The maximum atomic E-state index is 5.49. The lowest BCUT2D eigenvalue weighted by Gasteiger charge is -2.34. The molecule has 1 saturated heterocycles. The molecule has 1 aromatic heterocycles. The van der Waals surface area contributed by atoms with Gasteiger partial charge in [0.25, 0.3) is 0 Å². The molecule has 5 heteroatoms. The van der Waals surface area contributed by atoms with Gasteiger partial charge in [0.15, 0.2) is 11.5 Å². The van der Waals surface area contributed by atoms with Gasteiger partial charge in [-0.05, 0) is 35.4 Å². The van der Waals surface area contributed by atoms with E-state index in [-0.39, 0.29) is 0 Å². The Balaban J connectivity index is 1.17. The summed E-state index contributed by atoms with van der Waals surface area (Å²) in [5.41, 5.74) is 3.64. The van der Waals surface area contributed by atoms with E-state index in [1.54, 1.807) is 0 Å².